The van der Waals surface area contributed by atoms with Crippen LogP contribution >= 0.6 is 11.6 Å². The van der Waals surface area contributed by atoms with Crippen molar-refractivity contribution >= 4 is 37.3 Å². The van der Waals surface area contributed by atoms with Crippen molar-refractivity contribution in [2.45, 2.75) is 30.4 Å². The van der Waals surface area contributed by atoms with Crippen molar-refractivity contribution in [1.29, 1.82) is 0 Å². The SMILES string of the molecule is CC1CCCN(S(=O)(=O)c2ccc(NS(=O)(=O)Cc3ccc(Cl)cc3)cc2)C1. The van der Waals surface area contributed by atoms with Crippen LogP contribution in [0.4, 0.5) is 5.69 Å². The molecule has 0 bridgehead atoms. The van der Waals surface area contributed by atoms with Gasteiger partial charge >= 0.3 is 0 Å². The lowest BCUT2D eigenvalue weighted by Crippen LogP contribution is -2.39. The number of benzene rings is 2. The maximum absolute atomic E-state index is 12.8. The van der Waals surface area contributed by atoms with Gasteiger partial charge in [-0.3, -0.25) is 4.72 Å². The van der Waals surface area contributed by atoms with E-state index in [0.717, 1.165) is 12.8 Å². The topological polar surface area (TPSA) is 83.6 Å². The summed E-state index contributed by atoms with van der Waals surface area (Å²) in [6.45, 7) is 3.07. The summed E-state index contributed by atoms with van der Waals surface area (Å²) in [6, 6.07) is 12.4. The maximum atomic E-state index is 12.8. The van der Waals surface area contributed by atoms with E-state index in [2.05, 4.69) is 4.72 Å². The van der Waals surface area contributed by atoms with Gasteiger partial charge in [0.15, 0.2) is 0 Å². The largest absolute Gasteiger partial charge is 0.283 e. The minimum absolute atomic E-state index is 0.169. The van der Waals surface area contributed by atoms with Crippen LogP contribution in [-0.2, 0) is 25.8 Å². The zero-order chi connectivity index (χ0) is 20.4. The summed E-state index contributed by atoms with van der Waals surface area (Å²) in [4.78, 5) is 0.169. The summed E-state index contributed by atoms with van der Waals surface area (Å²) < 4.78 is 54.2. The summed E-state index contributed by atoms with van der Waals surface area (Å²) in [5.74, 6) is 0.137. The summed E-state index contributed by atoms with van der Waals surface area (Å²) in [5, 5.41) is 0.536. The van der Waals surface area contributed by atoms with Gasteiger partial charge in [0, 0.05) is 23.8 Å². The van der Waals surface area contributed by atoms with Crippen molar-refractivity contribution in [2.24, 2.45) is 5.92 Å². The third kappa shape index (κ3) is 5.26. The first-order chi connectivity index (χ1) is 13.2. The molecule has 9 heteroatoms. The van der Waals surface area contributed by atoms with E-state index in [1.807, 2.05) is 6.92 Å². The van der Waals surface area contributed by atoms with Gasteiger partial charge in [-0.15, -0.1) is 0 Å². The molecule has 6 nitrogen and oxygen atoms in total. The Morgan fingerprint density at radius 2 is 1.68 bits per heavy atom. The van der Waals surface area contributed by atoms with Crippen LogP contribution < -0.4 is 4.72 Å². The molecule has 1 unspecified atom stereocenters. The highest BCUT2D eigenvalue weighted by Crippen LogP contribution is 2.25. The van der Waals surface area contributed by atoms with E-state index in [1.54, 1.807) is 24.3 Å². The third-order valence-electron chi connectivity index (χ3n) is 4.66. The number of sulfonamides is 2. The van der Waals surface area contributed by atoms with E-state index in [-0.39, 0.29) is 10.6 Å². The van der Waals surface area contributed by atoms with Gasteiger partial charge in [0.2, 0.25) is 20.0 Å². The number of halogens is 1. The van der Waals surface area contributed by atoms with E-state index < -0.39 is 20.0 Å². The number of rotatable bonds is 6. The van der Waals surface area contributed by atoms with Gasteiger partial charge in [0.05, 0.1) is 10.6 Å². The molecule has 1 aliphatic heterocycles. The van der Waals surface area contributed by atoms with Crippen molar-refractivity contribution in [3.05, 3.63) is 59.1 Å². The monoisotopic (exact) mass is 442 g/mol. The van der Waals surface area contributed by atoms with Crippen LogP contribution in [0.25, 0.3) is 0 Å². The van der Waals surface area contributed by atoms with E-state index >= 15 is 0 Å². The Balaban J connectivity index is 1.70. The zero-order valence-electron chi connectivity index (χ0n) is 15.5. The Bertz CT molecular complexity index is 1020. The van der Waals surface area contributed by atoms with Crippen LogP contribution in [0.3, 0.4) is 0 Å². The first kappa shape index (κ1) is 21.1. The fourth-order valence-corrected chi connectivity index (χ4v) is 6.15. The van der Waals surface area contributed by atoms with Crippen LogP contribution in [0, 0.1) is 5.92 Å². The lowest BCUT2D eigenvalue weighted by molar-refractivity contribution is 0.281. The predicted octanol–water partition coefficient (Wildman–Crippen LogP) is 3.70. The second-order valence-corrected chi connectivity index (χ2v) is 11.2. The maximum Gasteiger partial charge on any atom is 0.243 e. The molecule has 2 aromatic carbocycles. The predicted molar refractivity (Wildman–Crippen MR) is 111 cm³/mol. The quantitative estimate of drug-likeness (QED) is 0.739. The highest BCUT2D eigenvalue weighted by Gasteiger charge is 2.28. The van der Waals surface area contributed by atoms with Crippen molar-refractivity contribution < 1.29 is 16.8 Å². The standard InChI is InChI=1S/C19H23ClN2O4S2/c1-15-3-2-12-22(13-15)28(25,26)19-10-8-18(9-11-19)21-27(23,24)14-16-4-6-17(20)7-5-16/h4-11,15,21H,2-3,12-14H2,1H3. The highest BCUT2D eigenvalue weighted by molar-refractivity contribution is 7.92. The van der Waals surface area contributed by atoms with Crippen molar-refractivity contribution in [2.75, 3.05) is 17.8 Å². The van der Waals surface area contributed by atoms with Crippen molar-refractivity contribution in [3.63, 3.8) is 0 Å². The Morgan fingerprint density at radius 3 is 2.29 bits per heavy atom. The Labute approximate surface area is 171 Å². The fourth-order valence-electron chi connectivity index (χ4n) is 3.22. The molecule has 0 radical (unpaired) electrons. The van der Waals surface area contributed by atoms with Crippen molar-refractivity contribution in [3.8, 4) is 0 Å². The average molecular weight is 443 g/mol. The van der Waals surface area contributed by atoms with Crippen LogP contribution in [0.2, 0.25) is 5.02 Å². The third-order valence-corrected chi connectivity index (χ3v) is 8.05. The highest BCUT2D eigenvalue weighted by atomic mass is 35.5. The van der Waals surface area contributed by atoms with Crippen LogP contribution in [0.15, 0.2) is 53.4 Å². The van der Waals surface area contributed by atoms with Gasteiger partial charge in [-0.05, 0) is 60.7 Å². The van der Waals surface area contributed by atoms with Crippen molar-refractivity contribution in [1.82, 2.24) is 4.31 Å². The van der Waals surface area contributed by atoms with Gasteiger partial charge in [0.25, 0.3) is 0 Å². The number of hydrogen-bond acceptors (Lipinski definition) is 4. The molecular formula is C19H23ClN2O4S2. The molecule has 2 aromatic rings. The summed E-state index contributed by atoms with van der Waals surface area (Å²) in [5.41, 5.74) is 0.926. The molecule has 1 heterocycles. The van der Waals surface area contributed by atoms with Gasteiger partial charge < -0.3 is 0 Å². The summed E-state index contributed by atoms with van der Waals surface area (Å²) in [7, 11) is -7.19. The van der Waals surface area contributed by atoms with Gasteiger partial charge in [-0.1, -0.05) is 30.7 Å². The summed E-state index contributed by atoms with van der Waals surface area (Å²) in [6.07, 6.45) is 1.88. The van der Waals surface area contributed by atoms with Gasteiger partial charge in [-0.2, -0.15) is 4.31 Å². The summed E-state index contributed by atoms with van der Waals surface area (Å²) >= 11 is 5.81. The first-order valence-electron chi connectivity index (χ1n) is 9.01. The molecule has 1 aliphatic rings. The molecule has 0 amide bonds. The molecule has 1 atom stereocenters. The molecule has 1 N–H and O–H groups in total. The molecule has 0 spiro atoms. The Kier molecular flexibility index (Phi) is 6.34. The molecule has 152 valence electrons. The molecule has 3 rings (SSSR count). The number of piperidine rings is 1. The minimum atomic E-state index is -3.63. The van der Waals surface area contributed by atoms with Crippen LogP contribution in [0.1, 0.15) is 25.3 Å². The van der Waals surface area contributed by atoms with Crippen LogP contribution in [0.5, 0.6) is 0 Å². The lowest BCUT2D eigenvalue weighted by atomic mass is 10.0. The minimum Gasteiger partial charge on any atom is -0.283 e. The second-order valence-electron chi connectivity index (χ2n) is 7.12. The molecule has 28 heavy (non-hydrogen) atoms. The second kappa shape index (κ2) is 8.41. The molecule has 0 aromatic heterocycles. The number of nitrogens with one attached hydrogen (secondary N) is 1. The normalized spacial score (nSPS) is 18.7. The molecule has 0 aliphatic carbocycles. The lowest BCUT2D eigenvalue weighted by Gasteiger charge is -2.30. The van der Waals surface area contributed by atoms with Crippen LogP contribution in [-0.4, -0.2) is 34.2 Å². The molecule has 1 fully saturated rings. The molecule has 1 saturated heterocycles. The van der Waals surface area contributed by atoms with E-state index in [4.69, 9.17) is 11.6 Å². The average Bonchev–Trinajstić information content (AvgIpc) is 2.63. The Hall–Kier alpha value is -1.61. The van der Waals surface area contributed by atoms with Gasteiger partial charge in [0.1, 0.15) is 0 Å². The van der Waals surface area contributed by atoms with E-state index in [0.29, 0.717) is 35.3 Å². The molecular weight excluding hydrogens is 420 g/mol. The van der Waals surface area contributed by atoms with E-state index in [9.17, 15) is 16.8 Å². The zero-order valence-corrected chi connectivity index (χ0v) is 17.9. The van der Waals surface area contributed by atoms with Gasteiger partial charge in [-0.25, -0.2) is 16.8 Å². The van der Waals surface area contributed by atoms with E-state index in [1.165, 1.54) is 28.6 Å². The smallest absolute Gasteiger partial charge is 0.243 e. The fraction of sp³-hybridized carbons (Fsp3) is 0.368. The first-order valence-corrected chi connectivity index (χ1v) is 12.5. The number of anilines is 1. The molecule has 0 saturated carbocycles. The Morgan fingerprint density at radius 1 is 1.04 bits per heavy atom. The number of hydrogen-bond donors (Lipinski definition) is 1. The number of nitrogens with zero attached hydrogens (tertiary/aromatic N) is 1.